The van der Waals surface area contributed by atoms with Crippen molar-refractivity contribution in [3.63, 3.8) is 0 Å². The number of nitrogens with one attached hydrogen (secondary N) is 1. The molecule has 0 aliphatic carbocycles. The van der Waals surface area contributed by atoms with Crippen molar-refractivity contribution >= 4 is 33.5 Å². The van der Waals surface area contributed by atoms with Gasteiger partial charge in [0.05, 0.1) is 6.61 Å². The molecular weight excluding hydrogens is 298 g/mol. The number of hydrogen-bond acceptors (Lipinski definition) is 3. The molecular formula is C13H16BrNO3. The molecule has 0 unspecified atom stereocenters. The molecule has 1 amide bonds. The van der Waals surface area contributed by atoms with E-state index in [1.165, 1.54) is 0 Å². The number of aryl methyl sites for hydroxylation is 2. The van der Waals surface area contributed by atoms with Gasteiger partial charge in [-0.25, -0.2) is 0 Å². The van der Waals surface area contributed by atoms with Crippen molar-refractivity contribution in [2.75, 3.05) is 11.9 Å². The topological polar surface area (TPSA) is 55.4 Å². The molecule has 1 rings (SSSR count). The van der Waals surface area contributed by atoms with Gasteiger partial charge in [-0.15, -0.1) is 0 Å². The Bertz CT molecular complexity index is 439. The first-order valence-corrected chi connectivity index (χ1v) is 6.56. The van der Waals surface area contributed by atoms with Gasteiger partial charge in [-0.2, -0.15) is 0 Å². The molecule has 0 heterocycles. The van der Waals surface area contributed by atoms with Gasteiger partial charge < -0.3 is 10.1 Å². The fourth-order valence-corrected chi connectivity index (χ4v) is 1.77. The summed E-state index contributed by atoms with van der Waals surface area (Å²) in [6.45, 7) is 5.74. The van der Waals surface area contributed by atoms with Crippen LogP contribution in [0.15, 0.2) is 18.2 Å². The zero-order chi connectivity index (χ0) is 13.7. The van der Waals surface area contributed by atoms with E-state index >= 15 is 0 Å². The second-order valence-corrected chi connectivity index (χ2v) is 4.79. The Labute approximate surface area is 115 Å². The standard InChI is InChI=1S/C13H16BrNO3/c1-4-18-13(17)10(14)12(16)15-11-8(2)6-5-7-9(11)3/h5-7,10H,4H2,1-3H3,(H,15,16)/t10-/m1/s1. The number of alkyl halides is 1. The van der Waals surface area contributed by atoms with E-state index in [0.717, 1.165) is 16.8 Å². The van der Waals surface area contributed by atoms with Crippen LogP contribution < -0.4 is 5.32 Å². The number of rotatable bonds is 4. The summed E-state index contributed by atoms with van der Waals surface area (Å²) in [5.41, 5.74) is 2.63. The van der Waals surface area contributed by atoms with Crippen molar-refractivity contribution in [2.24, 2.45) is 0 Å². The van der Waals surface area contributed by atoms with E-state index in [4.69, 9.17) is 4.74 Å². The summed E-state index contributed by atoms with van der Waals surface area (Å²) in [5.74, 6) is -1.01. The van der Waals surface area contributed by atoms with Gasteiger partial charge in [0.2, 0.25) is 5.91 Å². The first kappa shape index (κ1) is 14.7. The summed E-state index contributed by atoms with van der Waals surface area (Å²) in [6, 6.07) is 5.71. The Morgan fingerprint density at radius 2 is 1.89 bits per heavy atom. The lowest BCUT2D eigenvalue weighted by Gasteiger charge is -2.13. The number of anilines is 1. The Kier molecular flexibility index (Phi) is 5.34. The smallest absolute Gasteiger partial charge is 0.329 e. The molecule has 0 aliphatic rings. The van der Waals surface area contributed by atoms with Crippen molar-refractivity contribution < 1.29 is 14.3 Å². The van der Waals surface area contributed by atoms with Crippen LogP contribution in [-0.2, 0) is 14.3 Å². The van der Waals surface area contributed by atoms with Crippen molar-refractivity contribution in [3.05, 3.63) is 29.3 Å². The zero-order valence-corrected chi connectivity index (χ0v) is 12.2. The van der Waals surface area contributed by atoms with Gasteiger partial charge in [-0.1, -0.05) is 34.1 Å². The van der Waals surface area contributed by atoms with Crippen molar-refractivity contribution in [1.82, 2.24) is 0 Å². The lowest BCUT2D eigenvalue weighted by Crippen LogP contribution is -2.32. The minimum absolute atomic E-state index is 0.248. The van der Waals surface area contributed by atoms with Crippen molar-refractivity contribution in [2.45, 2.75) is 25.6 Å². The predicted molar refractivity (Wildman–Crippen MR) is 73.9 cm³/mol. The molecule has 4 nitrogen and oxygen atoms in total. The molecule has 1 aromatic rings. The number of carbonyl (C=O) groups excluding carboxylic acids is 2. The van der Waals surface area contributed by atoms with Crippen LogP contribution in [-0.4, -0.2) is 23.3 Å². The Balaban J connectivity index is 2.79. The minimum Gasteiger partial charge on any atom is -0.465 e. The first-order chi connectivity index (χ1) is 8.47. The van der Waals surface area contributed by atoms with Crippen LogP contribution in [0.1, 0.15) is 18.1 Å². The van der Waals surface area contributed by atoms with Crippen molar-refractivity contribution in [3.8, 4) is 0 Å². The molecule has 18 heavy (non-hydrogen) atoms. The third-order valence-corrected chi connectivity index (χ3v) is 3.24. The van der Waals surface area contributed by atoms with Crippen LogP contribution in [0.4, 0.5) is 5.69 Å². The van der Waals surface area contributed by atoms with Gasteiger partial charge in [0, 0.05) is 5.69 Å². The van der Waals surface area contributed by atoms with E-state index in [9.17, 15) is 9.59 Å². The zero-order valence-electron chi connectivity index (χ0n) is 10.6. The monoisotopic (exact) mass is 313 g/mol. The average molecular weight is 314 g/mol. The highest BCUT2D eigenvalue weighted by Crippen LogP contribution is 2.20. The van der Waals surface area contributed by atoms with E-state index in [-0.39, 0.29) is 6.61 Å². The Morgan fingerprint density at radius 1 is 1.33 bits per heavy atom. The van der Waals surface area contributed by atoms with Gasteiger partial charge in [0.15, 0.2) is 4.83 Å². The highest BCUT2D eigenvalue weighted by atomic mass is 79.9. The van der Waals surface area contributed by atoms with Crippen LogP contribution in [0.3, 0.4) is 0 Å². The van der Waals surface area contributed by atoms with Crippen LogP contribution in [0.5, 0.6) is 0 Å². The summed E-state index contributed by atoms with van der Waals surface area (Å²) < 4.78 is 4.78. The summed E-state index contributed by atoms with van der Waals surface area (Å²) in [5, 5.41) is 2.73. The van der Waals surface area contributed by atoms with Crippen molar-refractivity contribution in [1.29, 1.82) is 0 Å². The Hall–Kier alpha value is -1.36. The van der Waals surface area contributed by atoms with Crippen LogP contribution in [0, 0.1) is 13.8 Å². The quantitative estimate of drug-likeness (QED) is 0.528. The average Bonchev–Trinajstić information content (AvgIpc) is 2.33. The Morgan fingerprint density at radius 3 is 2.39 bits per heavy atom. The highest BCUT2D eigenvalue weighted by molar-refractivity contribution is 9.10. The predicted octanol–water partition coefficient (Wildman–Crippen LogP) is 2.57. The van der Waals surface area contributed by atoms with E-state index in [0.29, 0.717) is 0 Å². The largest absolute Gasteiger partial charge is 0.465 e. The fourth-order valence-electron chi connectivity index (χ4n) is 1.52. The lowest BCUT2D eigenvalue weighted by molar-refractivity contribution is -0.144. The number of amides is 1. The number of hydrogen-bond donors (Lipinski definition) is 1. The summed E-state index contributed by atoms with van der Waals surface area (Å²) in [6.07, 6.45) is 0. The minimum atomic E-state index is -0.989. The number of benzene rings is 1. The molecule has 0 spiro atoms. The number of esters is 1. The fraction of sp³-hybridized carbons (Fsp3) is 0.385. The highest BCUT2D eigenvalue weighted by Gasteiger charge is 2.25. The van der Waals surface area contributed by atoms with Gasteiger partial charge in [-0.05, 0) is 31.9 Å². The number of halogens is 1. The summed E-state index contributed by atoms with van der Waals surface area (Å²) in [4.78, 5) is 22.3. The van der Waals surface area contributed by atoms with Gasteiger partial charge in [0.25, 0.3) is 0 Å². The molecule has 0 bridgehead atoms. The van der Waals surface area contributed by atoms with E-state index in [1.54, 1.807) is 6.92 Å². The maximum atomic E-state index is 11.9. The molecule has 0 saturated carbocycles. The SMILES string of the molecule is CCOC(=O)[C@H](Br)C(=O)Nc1c(C)cccc1C. The molecule has 0 radical (unpaired) electrons. The number of carbonyl (C=O) groups is 2. The maximum Gasteiger partial charge on any atom is 0.329 e. The van der Waals surface area contributed by atoms with Gasteiger partial charge in [-0.3, -0.25) is 9.59 Å². The molecule has 5 heteroatoms. The van der Waals surface area contributed by atoms with E-state index in [1.807, 2.05) is 32.0 Å². The maximum absolute atomic E-state index is 11.9. The van der Waals surface area contributed by atoms with Crippen LogP contribution >= 0.6 is 15.9 Å². The first-order valence-electron chi connectivity index (χ1n) is 5.65. The molecule has 0 saturated heterocycles. The molecule has 0 aromatic heterocycles. The number of para-hydroxylation sites is 1. The van der Waals surface area contributed by atoms with E-state index in [2.05, 4.69) is 21.2 Å². The summed E-state index contributed by atoms with van der Waals surface area (Å²) >= 11 is 3.03. The third kappa shape index (κ3) is 3.57. The lowest BCUT2D eigenvalue weighted by atomic mass is 10.1. The molecule has 98 valence electrons. The van der Waals surface area contributed by atoms with Crippen LogP contribution in [0.2, 0.25) is 0 Å². The second kappa shape index (κ2) is 6.54. The normalized spacial score (nSPS) is 11.8. The second-order valence-electron chi connectivity index (χ2n) is 3.87. The molecule has 1 aromatic carbocycles. The van der Waals surface area contributed by atoms with Gasteiger partial charge in [0.1, 0.15) is 0 Å². The molecule has 0 aliphatic heterocycles. The molecule has 1 N–H and O–H groups in total. The molecule has 1 atom stereocenters. The third-order valence-electron chi connectivity index (χ3n) is 2.45. The summed E-state index contributed by atoms with van der Waals surface area (Å²) in [7, 11) is 0. The number of ether oxygens (including phenoxy) is 1. The van der Waals surface area contributed by atoms with E-state index < -0.39 is 16.7 Å². The van der Waals surface area contributed by atoms with Gasteiger partial charge >= 0.3 is 5.97 Å². The van der Waals surface area contributed by atoms with Crippen LogP contribution in [0.25, 0.3) is 0 Å². The molecule has 0 fully saturated rings.